The van der Waals surface area contributed by atoms with E-state index in [-0.39, 0.29) is 11.7 Å². The lowest BCUT2D eigenvalue weighted by molar-refractivity contribution is 0.0996. The molecular weight excluding hydrogens is 206 g/mol. The molecule has 5 heteroatoms. The van der Waals surface area contributed by atoms with E-state index in [0.29, 0.717) is 17.5 Å². The average Bonchev–Trinajstić information content (AvgIpc) is 2.28. The predicted molar refractivity (Wildman–Crippen MR) is 59.2 cm³/mol. The van der Waals surface area contributed by atoms with Crippen molar-refractivity contribution in [1.82, 2.24) is 9.97 Å². The third kappa shape index (κ3) is 1.79. The van der Waals surface area contributed by atoms with Gasteiger partial charge in [0.25, 0.3) is 5.91 Å². The van der Waals surface area contributed by atoms with E-state index in [0.717, 1.165) is 0 Å². The zero-order valence-electron chi connectivity index (χ0n) is 8.80. The van der Waals surface area contributed by atoms with Gasteiger partial charge in [-0.2, -0.15) is 9.97 Å². The molecule has 0 atom stereocenters. The van der Waals surface area contributed by atoms with Crippen molar-refractivity contribution in [2.75, 3.05) is 6.61 Å². The molecule has 0 aliphatic rings. The summed E-state index contributed by atoms with van der Waals surface area (Å²) in [7, 11) is 0. The number of rotatable bonds is 3. The molecule has 1 aromatic heterocycles. The Morgan fingerprint density at radius 2 is 2.12 bits per heavy atom. The van der Waals surface area contributed by atoms with Crippen LogP contribution >= 0.6 is 0 Å². The Kier molecular flexibility index (Phi) is 2.68. The van der Waals surface area contributed by atoms with Crippen LogP contribution in [0.25, 0.3) is 10.9 Å². The van der Waals surface area contributed by atoms with Crippen LogP contribution in [0.3, 0.4) is 0 Å². The van der Waals surface area contributed by atoms with Gasteiger partial charge in [0.1, 0.15) is 5.69 Å². The van der Waals surface area contributed by atoms with Crippen LogP contribution < -0.4 is 10.5 Å². The summed E-state index contributed by atoms with van der Waals surface area (Å²) in [5.74, 6) is -0.584. The number of aromatic nitrogens is 2. The molecule has 0 bridgehead atoms. The van der Waals surface area contributed by atoms with E-state index in [1.54, 1.807) is 18.2 Å². The van der Waals surface area contributed by atoms with Crippen molar-refractivity contribution in [3.05, 3.63) is 30.0 Å². The number of hydrogen-bond donors (Lipinski definition) is 1. The predicted octanol–water partition coefficient (Wildman–Crippen LogP) is 1.13. The van der Waals surface area contributed by atoms with Crippen LogP contribution in [0.5, 0.6) is 6.01 Å². The zero-order chi connectivity index (χ0) is 11.5. The molecule has 1 heterocycles. The molecule has 0 aliphatic heterocycles. The van der Waals surface area contributed by atoms with Gasteiger partial charge in [0.15, 0.2) is 0 Å². The fourth-order valence-electron chi connectivity index (χ4n) is 1.44. The van der Waals surface area contributed by atoms with Crippen molar-refractivity contribution >= 4 is 16.8 Å². The highest BCUT2D eigenvalue weighted by Crippen LogP contribution is 2.17. The molecule has 1 amide bonds. The second-order valence-corrected chi connectivity index (χ2v) is 3.17. The zero-order valence-corrected chi connectivity index (χ0v) is 8.80. The summed E-state index contributed by atoms with van der Waals surface area (Å²) < 4.78 is 5.17. The Morgan fingerprint density at radius 1 is 1.38 bits per heavy atom. The van der Waals surface area contributed by atoms with E-state index in [1.807, 2.05) is 13.0 Å². The number of benzene rings is 1. The minimum atomic E-state index is -0.584. The van der Waals surface area contributed by atoms with E-state index < -0.39 is 5.91 Å². The van der Waals surface area contributed by atoms with Crippen LogP contribution in [-0.2, 0) is 0 Å². The first-order chi connectivity index (χ1) is 7.72. The molecule has 0 spiro atoms. The van der Waals surface area contributed by atoms with Gasteiger partial charge in [-0.05, 0) is 13.0 Å². The number of ether oxygens (including phenoxy) is 1. The van der Waals surface area contributed by atoms with Crippen molar-refractivity contribution in [2.45, 2.75) is 6.92 Å². The largest absolute Gasteiger partial charge is 0.464 e. The summed E-state index contributed by atoms with van der Waals surface area (Å²) in [5.41, 5.74) is 6.10. The lowest BCUT2D eigenvalue weighted by Gasteiger charge is -2.05. The van der Waals surface area contributed by atoms with E-state index in [9.17, 15) is 4.79 Å². The van der Waals surface area contributed by atoms with E-state index in [1.165, 1.54) is 0 Å². The summed E-state index contributed by atoms with van der Waals surface area (Å²) in [6.45, 7) is 2.26. The molecule has 0 aliphatic carbocycles. The van der Waals surface area contributed by atoms with Gasteiger partial charge in [-0.1, -0.05) is 18.2 Å². The first kappa shape index (κ1) is 10.4. The molecule has 5 nitrogen and oxygen atoms in total. The fourth-order valence-corrected chi connectivity index (χ4v) is 1.44. The highest BCUT2D eigenvalue weighted by Gasteiger charge is 2.11. The van der Waals surface area contributed by atoms with Crippen molar-refractivity contribution in [3.63, 3.8) is 0 Å². The minimum Gasteiger partial charge on any atom is -0.464 e. The molecule has 0 saturated heterocycles. The third-order valence-electron chi connectivity index (χ3n) is 2.09. The minimum absolute atomic E-state index is 0.176. The molecular formula is C11H11N3O2. The SMILES string of the molecule is CCOc1nc(C(N)=O)c2ccccc2n1. The van der Waals surface area contributed by atoms with E-state index in [2.05, 4.69) is 9.97 Å². The van der Waals surface area contributed by atoms with Crippen LogP contribution in [0.1, 0.15) is 17.4 Å². The molecule has 82 valence electrons. The van der Waals surface area contributed by atoms with Crippen LogP contribution in [0.2, 0.25) is 0 Å². The first-order valence-electron chi connectivity index (χ1n) is 4.91. The second-order valence-electron chi connectivity index (χ2n) is 3.17. The molecule has 0 saturated carbocycles. The molecule has 1 aromatic carbocycles. The van der Waals surface area contributed by atoms with Gasteiger partial charge < -0.3 is 10.5 Å². The van der Waals surface area contributed by atoms with Crippen molar-refractivity contribution in [1.29, 1.82) is 0 Å². The number of fused-ring (bicyclic) bond motifs is 1. The van der Waals surface area contributed by atoms with Gasteiger partial charge in [-0.25, -0.2) is 0 Å². The van der Waals surface area contributed by atoms with Gasteiger partial charge in [0, 0.05) is 5.39 Å². The highest BCUT2D eigenvalue weighted by molar-refractivity contribution is 6.03. The Hall–Kier alpha value is -2.17. The van der Waals surface area contributed by atoms with Gasteiger partial charge >= 0.3 is 6.01 Å². The number of nitrogens with two attached hydrogens (primary N) is 1. The van der Waals surface area contributed by atoms with E-state index >= 15 is 0 Å². The Morgan fingerprint density at radius 3 is 2.81 bits per heavy atom. The Labute approximate surface area is 92.3 Å². The summed E-state index contributed by atoms with van der Waals surface area (Å²) in [6.07, 6.45) is 0. The fraction of sp³-hybridized carbons (Fsp3) is 0.182. The second kappa shape index (κ2) is 4.14. The topological polar surface area (TPSA) is 78.1 Å². The van der Waals surface area contributed by atoms with Crippen molar-refractivity contribution < 1.29 is 9.53 Å². The monoisotopic (exact) mass is 217 g/mol. The van der Waals surface area contributed by atoms with Crippen LogP contribution in [-0.4, -0.2) is 22.5 Å². The number of primary amides is 1. The van der Waals surface area contributed by atoms with Gasteiger partial charge in [-0.15, -0.1) is 0 Å². The third-order valence-corrected chi connectivity index (χ3v) is 2.09. The van der Waals surface area contributed by atoms with Gasteiger partial charge in [0.05, 0.1) is 12.1 Å². The normalized spacial score (nSPS) is 10.3. The number of carbonyl (C=O) groups is 1. The quantitative estimate of drug-likeness (QED) is 0.835. The van der Waals surface area contributed by atoms with Crippen LogP contribution in [0.4, 0.5) is 0 Å². The van der Waals surface area contributed by atoms with Crippen LogP contribution in [0, 0.1) is 0 Å². The highest BCUT2D eigenvalue weighted by atomic mass is 16.5. The average molecular weight is 217 g/mol. The standard InChI is InChI=1S/C11H11N3O2/c1-2-16-11-13-8-6-4-3-5-7(8)9(14-11)10(12)15/h3-6H,2H2,1H3,(H2,12,15). The molecule has 0 radical (unpaired) electrons. The summed E-state index contributed by atoms with van der Waals surface area (Å²) in [6, 6.07) is 7.35. The molecule has 16 heavy (non-hydrogen) atoms. The smallest absolute Gasteiger partial charge is 0.317 e. The van der Waals surface area contributed by atoms with Crippen molar-refractivity contribution in [3.8, 4) is 6.01 Å². The number of nitrogens with zero attached hydrogens (tertiary/aromatic N) is 2. The Bertz CT molecular complexity index is 540. The molecule has 0 fully saturated rings. The number of carbonyl (C=O) groups excluding carboxylic acids is 1. The molecule has 0 unspecified atom stereocenters. The lowest BCUT2D eigenvalue weighted by atomic mass is 10.2. The number of para-hydroxylation sites is 1. The molecule has 2 N–H and O–H groups in total. The molecule has 2 rings (SSSR count). The van der Waals surface area contributed by atoms with Crippen LogP contribution in [0.15, 0.2) is 24.3 Å². The van der Waals surface area contributed by atoms with E-state index in [4.69, 9.17) is 10.5 Å². The maximum Gasteiger partial charge on any atom is 0.317 e. The first-order valence-corrected chi connectivity index (χ1v) is 4.91. The maximum atomic E-state index is 11.2. The number of amides is 1. The lowest BCUT2D eigenvalue weighted by Crippen LogP contribution is -2.15. The Balaban J connectivity index is 2.68. The summed E-state index contributed by atoms with van der Waals surface area (Å²) in [5, 5.41) is 0.637. The molecule has 2 aromatic rings. The maximum absolute atomic E-state index is 11.2. The number of hydrogen-bond acceptors (Lipinski definition) is 4. The van der Waals surface area contributed by atoms with Crippen molar-refractivity contribution in [2.24, 2.45) is 5.73 Å². The van der Waals surface area contributed by atoms with Gasteiger partial charge in [-0.3, -0.25) is 4.79 Å². The summed E-state index contributed by atoms with van der Waals surface area (Å²) >= 11 is 0. The summed E-state index contributed by atoms with van der Waals surface area (Å²) in [4.78, 5) is 19.4. The van der Waals surface area contributed by atoms with Gasteiger partial charge in [0.2, 0.25) is 0 Å².